The van der Waals surface area contributed by atoms with E-state index in [1.54, 1.807) is 30.1 Å². The summed E-state index contributed by atoms with van der Waals surface area (Å²) in [7, 11) is 5.46. The number of likely N-dealkylation sites (tertiary alicyclic amines) is 1. The summed E-state index contributed by atoms with van der Waals surface area (Å²) in [5.41, 5.74) is 0.295. The number of nitrogens with zero attached hydrogens (tertiary/aromatic N) is 6. The van der Waals surface area contributed by atoms with Gasteiger partial charge in [0, 0.05) is 51.9 Å². The van der Waals surface area contributed by atoms with Gasteiger partial charge in [0.1, 0.15) is 11.9 Å². The zero-order chi connectivity index (χ0) is 31.6. The van der Waals surface area contributed by atoms with E-state index in [-0.39, 0.29) is 36.3 Å². The molecule has 1 aromatic carbocycles. The van der Waals surface area contributed by atoms with Crippen molar-refractivity contribution in [2.24, 2.45) is 0 Å². The molecule has 232 valence electrons. The first-order chi connectivity index (χ1) is 20.2. The number of benzene rings is 1. The lowest BCUT2D eigenvalue weighted by Crippen LogP contribution is -2.60. The summed E-state index contributed by atoms with van der Waals surface area (Å²) >= 11 is 6.62. The lowest BCUT2D eigenvalue weighted by Gasteiger charge is -2.43. The number of aryl methyl sites for hydroxylation is 1. The second-order valence-corrected chi connectivity index (χ2v) is 11.4. The number of halogens is 4. The number of carbonyl (C=O) groups is 3. The van der Waals surface area contributed by atoms with Gasteiger partial charge in [0.15, 0.2) is 0 Å². The Morgan fingerprint density at radius 1 is 1.16 bits per heavy atom. The molecule has 2 aliphatic rings. The highest BCUT2D eigenvalue weighted by molar-refractivity contribution is 6.34. The Hall–Kier alpha value is -3.64. The number of rotatable bonds is 10. The molecule has 0 saturated carbocycles. The zero-order valence-electron chi connectivity index (χ0n) is 24.7. The number of hydrogen-bond acceptors (Lipinski definition) is 6. The third-order valence-electron chi connectivity index (χ3n) is 8.03. The fourth-order valence-corrected chi connectivity index (χ4v) is 5.85. The quantitative estimate of drug-likeness (QED) is 0.367. The van der Waals surface area contributed by atoms with E-state index in [2.05, 4.69) is 16.5 Å². The van der Waals surface area contributed by atoms with Crippen molar-refractivity contribution in [1.82, 2.24) is 14.8 Å². The molecule has 0 spiro atoms. The standard InChI is InChI=1S/C30H36ClF3N6O3/c1-6-26(41)39-17-21(18-39)36(3)13-8-14-37(4)28-22(31)9-7-10-23(28)38(5)29(43)24-11-12-27(42)40(24)25-16-20(30(32,33)34)15-19(2)35-25/h6-7,9-10,15-16,21,24H,1,8,11-14,17-18H2,2-5H3. The highest BCUT2D eigenvalue weighted by Crippen LogP contribution is 2.38. The number of alkyl halides is 3. The second kappa shape index (κ2) is 12.9. The SMILES string of the molecule is C=CC(=O)N1CC(N(C)CCCN(C)c2c(Cl)cccc2N(C)C(=O)C2CCC(=O)N2c2cc(C(F)(F)F)cc(C)n2)C1. The summed E-state index contributed by atoms with van der Waals surface area (Å²) in [6.45, 7) is 7.66. The van der Waals surface area contributed by atoms with Gasteiger partial charge in [-0.3, -0.25) is 24.2 Å². The van der Waals surface area contributed by atoms with E-state index in [9.17, 15) is 27.6 Å². The third-order valence-corrected chi connectivity index (χ3v) is 8.33. The van der Waals surface area contributed by atoms with Gasteiger partial charge < -0.3 is 14.7 Å². The lowest BCUT2D eigenvalue weighted by molar-refractivity contribution is -0.137. The van der Waals surface area contributed by atoms with Gasteiger partial charge >= 0.3 is 6.18 Å². The van der Waals surface area contributed by atoms with Crippen LogP contribution in [0.4, 0.5) is 30.4 Å². The van der Waals surface area contributed by atoms with Crippen LogP contribution in [0.25, 0.3) is 0 Å². The van der Waals surface area contributed by atoms with E-state index in [0.717, 1.165) is 30.0 Å². The van der Waals surface area contributed by atoms with Crippen LogP contribution < -0.4 is 14.7 Å². The second-order valence-electron chi connectivity index (χ2n) is 11.0. The molecule has 0 aliphatic carbocycles. The van der Waals surface area contributed by atoms with Crippen LogP contribution in [0.1, 0.15) is 30.5 Å². The number of hydrogen-bond donors (Lipinski definition) is 0. The Kier molecular flexibility index (Phi) is 9.70. The molecule has 0 radical (unpaired) electrons. The van der Waals surface area contributed by atoms with E-state index in [1.165, 1.54) is 17.9 Å². The van der Waals surface area contributed by atoms with Gasteiger partial charge in [-0.25, -0.2) is 4.98 Å². The van der Waals surface area contributed by atoms with Crippen LogP contribution >= 0.6 is 11.6 Å². The van der Waals surface area contributed by atoms with Crippen LogP contribution in [0.2, 0.25) is 5.02 Å². The van der Waals surface area contributed by atoms with Crippen LogP contribution in [0, 0.1) is 6.92 Å². The zero-order valence-corrected chi connectivity index (χ0v) is 25.5. The molecular weight excluding hydrogens is 585 g/mol. The molecule has 2 saturated heterocycles. The van der Waals surface area contributed by atoms with E-state index in [0.29, 0.717) is 36.0 Å². The van der Waals surface area contributed by atoms with Gasteiger partial charge in [-0.2, -0.15) is 13.2 Å². The monoisotopic (exact) mass is 620 g/mol. The lowest BCUT2D eigenvalue weighted by atomic mass is 10.1. The average Bonchev–Trinajstić information content (AvgIpc) is 3.31. The van der Waals surface area contributed by atoms with Gasteiger partial charge in [0.05, 0.1) is 22.0 Å². The minimum absolute atomic E-state index is 0.0115. The summed E-state index contributed by atoms with van der Waals surface area (Å²) in [5, 5.41) is 0.431. The number of anilines is 3. The molecule has 4 rings (SSSR count). The molecule has 1 unspecified atom stereocenters. The van der Waals surface area contributed by atoms with Crippen molar-refractivity contribution in [3.63, 3.8) is 0 Å². The van der Waals surface area contributed by atoms with Crippen LogP contribution in [0.15, 0.2) is 43.0 Å². The van der Waals surface area contributed by atoms with E-state index >= 15 is 0 Å². The molecule has 0 N–H and O–H groups in total. The van der Waals surface area contributed by atoms with Crippen molar-refractivity contribution in [3.8, 4) is 0 Å². The highest BCUT2D eigenvalue weighted by Gasteiger charge is 2.41. The highest BCUT2D eigenvalue weighted by atomic mass is 35.5. The van der Waals surface area contributed by atoms with Crippen LogP contribution in [-0.4, -0.2) is 91.9 Å². The first-order valence-electron chi connectivity index (χ1n) is 14.0. The molecule has 3 heterocycles. The molecule has 0 bridgehead atoms. The van der Waals surface area contributed by atoms with E-state index < -0.39 is 29.6 Å². The summed E-state index contributed by atoms with van der Waals surface area (Å²) in [4.78, 5) is 50.9. The molecule has 13 heteroatoms. The smallest absolute Gasteiger partial charge is 0.372 e. The number of likely N-dealkylation sites (N-methyl/N-ethyl adjacent to an activating group) is 2. The van der Waals surface area contributed by atoms with E-state index in [4.69, 9.17) is 11.6 Å². The number of aromatic nitrogens is 1. The minimum Gasteiger partial charge on any atom is -0.372 e. The van der Waals surface area contributed by atoms with Gasteiger partial charge in [0.2, 0.25) is 17.7 Å². The Bertz CT molecular complexity index is 1400. The fourth-order valence-electron chi connectivity index (χ4n) is 5.53. The molecule has 2 fully saturated rings. The largest absolute Gasteiger partial charge is 0.416 e. The molecule has 9 nitrogen and oxygen atoms in total. The summed E-state index contributed by atoms with van der Waals surface area (Å²) < 4.78 is 40.5. The van der Waals surface area contributed by atoms with Gasteiger partial charge in [-0.1, -0.05) is 24.2 Å². The first kappa shape index (κ1) is 32.3. The molecule has 43 heavy (non-hydrogen) atoms. The van der Waals surface area contributed by atoms with Crippen LogP contribution in [-0.2, 0) is 20.6 Å². The van der Waals surface area contributed by atoms with Crippen molar-refractivity contribution in [2.45, 2.75) is 44.4 Å². The Balaban J connectivity index is 1.47. The predicted octanol–water partition coefficient (Wildman–Crippen LogP) is 4.38. The minimum atomic E-state index is -4.63. The Morgan fingerprint density at radius 2 is 1.86 bits per heavy atom. The van der Waals surface area contributed by atoms with Crippen LogP contribution in [0.5, 0.6) is 0 Å². The number of amides is 3. The van der Waals surface area contributed by atoms with Crippen molar-refractivity contribution >= 4 is 46.5 Å². The normalized spacial score (nSPS) is 17.3. The summed E-state index contributed by atoms with van der Waals surface area (Å²) in [5.74, 6) is -1.19. The summed E-state index contributed by atoms with van der Waals surface area (Å²) in [6, 6.07) is 6.16. The first-order valence-corrected chi connectivity index (χ1v) is 14.4. The predicted molar refractivity (Wildman–Crippen MR) is 160 cm³/mol. The molecule has 1 aromatic heterocycles. The van der Waals surface area contributed by atoms with Gasteiger partial charge in [-0.05, 0) is 63.7 Å². The van der Waals surface area contributed by atoms with Crippen molar-refractivity contribution in [3.05, 3.63) is 59.3 Å². The van der Waals surface area contributed by atoms with Crippen molar-refractivity contribution < 1.29 is 27.6 Å². The maximum atomic E-state index is 13.8. The maximum Gasteiger partial charge on any atom is 0.416 e. The Labute approximate surface area is 254 Å². The number of carbonyl (C=O) groups excluding carboxylic acids is 3. The Morgan fingerprint density at radius 3 is 2.51 bits per heavy atom. The van der Waals surface area contributed by atoms with E-state index in [1.807, 2.05) is 19.0 Å². The molecular formula is C30H36ClF3N6O3. The number of pyridine rings is 1. The topological polar surface area (TPSA) is 80.3 Å². The third kappa shape index (κ3) is 6.96. The van der Waals surface area contributed by atoms with Crippen LogP contribution in [0.3, 0.4) is 0 Å². The number of para-hydroxylation sites is 1. The maximum absolute atomic E-state index is 13.8. The van der Waals surface area contributed by atoms with Crippen molar-refractivity contribution in [1.29, 1.82) is 0 Å². The molecule has 2 aliphatic heterocycles. The van der Waals surface area contributed by atoms with Crippen molar-refractivity contribution in [2.75, 3.05) is 62.0 Å². The molecule has 2 aromatic rings. The molecule has 3 amide bonds. The van der Waals surface area contributed by atoms with Gasteiger partial charge in [-0.15, -0.1) is 0 Å². The average molecular weight is 621 g/mol. The molecule has 1 atom stereocenters. The fraction of sp³-hybridized carbons (Fsp3) is 0.467. The summed E-state index contributed by atoms with van der Waals surface area (Å²) in [6.07, 6.45) is -2.36. The van der Waals surface area contributed by atoms with Gasteiger partial charge in [0.25, 0.3) is 0 Å².